The van der Waals surface area contributed by atoms with Gasteiger partial charge in [-0.05, 0) is 47.7 Å². The monoisotopic (exact) mass is 435 g/mol. The van der Waals surface area contributed by atoms with Crippen LogP contribution >= 0.6 is 45.5 Å². The second-order valence-electron chi connectivity index (χ2n) is 4.36. The van der Waals surface area contributed by atoms with Gasteiger partial charge < -0.3 is 5.32 Å². The Morgan fingerprint density at radius 3 is 2.90 bits per heavy atom. The van der Waals surface area contributed by atoms with Gasteiger partial charge in [-0.2, -0.15) is 0 Å². The number of aromatic nitrogens is 1. The van der Waals surface area contributed by atoms with E-state index in [1.54, 1.807) is 11.8 Å². The molecule has 1 heterocycles. The quantitative estimate of drug-likeness (QED) is 0.709. The molecule has 0 unspecified atom stereocenters. The number of carbonyl (C=O) groups excluding carboxylic acids is 1. The molecule has 0 fully saturated rings. The van der Waals surface area contributed by atoms with Gasteiger partial charge in [0.05, 0.1) is 22.9 Å². The lowest BCUT2D eigenvalue weighted by atomic mass is 10.3. The van der Waals surface area contributed by atoms with Crippen molar-refractivity contribution in [2.45, 2.75) is 20.4 Å². The van der Waals surface area contributed by atoms with E-state index < -0.39 is 0 Å². The van der Waals surface area contributed by atoms with Crippen molar-refractivity contribution in [3.63, 3.8) is 0 Å². The van der Waals surface area contributed by atoms with Crippen LogP contribution < -0.4 is 10.2 Å². The molecule has 1 amide bonds. The van der Waals surface area contributed by atoms with Crippen LogP contribution in [0.5, 0.6) is 0 Å². The summed E-state index contributed by atoms with van der Waals surface area (Å²) in [4.78, 5) is 17.6. The summed E-state index contributed by atoms with van der Waals surface area (Å²) in [6.45, 7) is 4.69. The molecule has 0 saturated heterocycles. The van der Waals surface area contributed by atoms with Crippen molar-refractivity contribution in [1.82, 2.24) is 4.98 Å². The summed E-state index contributed by atoms with van der Waals surface area (Å²) in [5.74, 6) is 0.00652. The Kier molecular flexibility index (Phi) is 5.83. The Bertz CT molecular complexity index is 647. The van der Waals surface area contributed by atoms with E-state index in [0.29, 0.717) is 18.1 Å². The lowest BCUT2D eigenvalue weighted by Crippen LogP contribution is -2.27. The van der Waals surface area contributed by atoms with Crippen molar-refractivity contribution in [3.05, 3.63) is 37.9 Å². The van der Waals surface area contributed by atoms with Gasteiger partial charge in [-0.3, -0.25) is 9.69 Å². The first kappa shape index (κ1) is 16.5. The number of hydrogen-bond donors (Lipinski definition) is 1. The molecule has 4 nitrogen and oxygen atoms in total. The van der Waals surface area contributed by atoms with Crippen LogP contribution in [0.15, 0.2) is 23.6 Å². The van der Waals surface area contributed by atoms with E-state index in [0.717, 1.165) is 20.1 Å². The number of anilines is 2. The summed E-state index contributed by atoms with van der Waals surface area (Å²) < 4.78 is 1.10. The zero-order valence-electron chi connectivity index (χ0n) is 11.7. The highest BCUT2D eigenvalue weighted by Crippen LogP contribution is 2.25. The van der Waals surface area contributed by atoms with Crippen molar-refractivity contribution in [3.8, 4) is 0 Å². The van der Waals surface area contributed by atoms with E-state index in [-0.39, 0.29) is 5.91 Å². The zero-order valence-corrected chi connectivity index (χ0v) is 15.4. The zero-order chi connectivity index (χ0) is 15.4. The SMILES string of the molecule is CCN(C(C)=O)c1nc(CNc2ccc(I)cc2Cl)cs1. The fourth-order valence-electron chi connectivity index (χ4n) is 1.81. The number of hydrogen-bond acceptors (Lipinski definition) is 4. The van der Waals surface area contributed by atoms with Gasteiger partial charge in [-0.25, -0.2) is 4.98 Å². The lowest BCUT2D eigenvalue weighted by Gasteiger charge is -2.14. The van der Waals surface area contributed by atoms with Crippen LogP contribution in [0.1, 0.15) is 19.5 Å². The molecule has 0 aliphatic carbocycles. The molecule has 1 N–H and O–H groups in total. The third-order valence-electron chi connectivity index (χ3n) is 2.86. The summed E-state index contributed by atoms with van der Waals surface area (Å²) in [5.41, 5.74) is 1.77. The molecule has 1 aromatic heterocycles. The van der Waals surface area contributed by atoms with Crippen LogP contribution in [0.3, 0.4) is 0 Å². The van der Waals surface area contributed by atoms with Crippen LogP contribution in [0, 0.1) is 3.57 Å². The number of thiazole rings is 1. The maximum absolute atomic E-state index is 11.5. The van der Waals surface area contributed by atoms with E-state index in [2.05, 4.69) is 32.9 Å². The number of halogens is 2. The molecule has 0 spiro atoms. The lowest BCUT2D eigenvalue weighted by molar-refractivity contribution is -0.116. The number of nitrogens with zero attached hydrogens (tertiary/aromatic N) is 2. The van der Waals surface area contributed by atoms with Crippen molar-refractivity contribution < 1.29 is 4.79 Å². The van der Waals surface area contributed by atoms with Gasteiger partial charge in [-0.1, -0.05) is 11.6 Å². The number of carbonyl (C=O) groups is 1. The molecule has 2 rings (SSSR count). The summed E-state index contributed by atoms with van der Waals surface area (Å²) in [5, 5.41) is 6.64. The molecule has 2 aromatic rings. The first-order valence-electron chi connectivity index (χ1n) is 6.42. The predicted molar refractivity (Wildman–Crippen MR) is 97.3 cm³/mol. The first-order valence-corrected chi connectivity index (χ1v) is 8.76. The second kappa shape index (κ2) is 7.42. The van der Waals surface area contributed by atoms with E-state index in [1.807, 2.05) is 30.5 Å². The van der Waals surface area contributed by atoms with Gasteiger partial charge in [0, 0.05) is 22.4 Å². The fraction of sp³-hybridized carbons (Fsp3) is 0.286. The van der Waals surface area contributed by atoms with Crippen LogP contribution in [-0.2, 0) is 11.3 Å². The van der Waals surface area contributed by atoms with E-state index in [1.165, 1.54) is 11.3 Å². The van der Waals surface area contributed by atoms with Crippen molar-refractivity contribution >= 4 is 62.3 Å². The third kappa shape index (κ3) is 4.31. The predicted octanol–water partition coefficient (Wildman–Crippen LogP) is 4.39. The van der Waals surface area contributed by atoms with Crippen molar-refractivity contribution in [2.75, 3.05) is 16.8 Å². The van der Waals surface area contributed by atoms with E-state index in [4.69, 9.17) is 11.6 Å². The number of rotatable bonds is 5. The molecule has 0 atom stereocenters. The molecule has 21 heavy (non-hydrogen) atoms. The van der Waals surface area contributed by atoms with Crippen LogP contribution in [0.25, 0.3) is 0 Å². The maximum Gasteiger partial charge on any atom is 0.225 e. The highest BCUT2D eigenvalue weighted by molar-refractivity contribution is 14.1. The Morgan fingerprint density at radius 2 is 2.29 bits per heavy atom. The van der Waals surface area contributed by atoms with Gasteiger partial charge in [-0.15, -0.1) is 11.3 Å². The summed E-state index contributed by atoms with van der Waals surface area (Å²) >= 11 is 9.87. The number of nitrogens with one attached hydrogen (secondary N) is 1. The molecule has 0 aliphatic rings. The molecule has 1 aromatic carbocycles. The molecule has 7 heteroatoms. The molecule has 0 aliphatic heterocycles. The third-order valence-corrected chi connectivity index (χ3v) is 4.75. The van der Waals surface area contributed by atoms with Crippen molar-refractivity contribution in [2.24, 2.45) is 0 Å². The van der Waals surface area contributed by atoms with Crippen molar-refractivity contribution in [1.29, 1.82) is 0 Å². The van der Waals surface area contributed by atoms with Crippen LogP contribution in [0.2, 0.25) is 5.02 Å². The normalized spacial score (nSPS) is 10.5. The Labute approximate surface area is 146 Å². The molecule has 0 bridgehead atoms. The van der Waals surface area contributed by atoms with Gasteiger partial charge >= 0.3 is 0 Å². The van der Waals surface area contributed by atoms with Gasteiger partial charge in [0.1, 0.15) is 0 Å². The topological polar surface area (TPSA) is 45.2 Å². The van der Waals surface area contributed by atoms with Gasteiger partial charge in [0.2, 0.25) is 5.91 Å². The van der Waals surface area contributed by atoms with Gasteiger partial charge in [0.15, 0.2) is 5.13 Å². The van der Waals surface area contributed by atoms with Crippen LogP contribution in [0.4, 0.5) is 10.8 Å². The minimum Gasteiger partial charge on any atom is -0.378 e. The standard InChI is InChI=1S/C14H15ClIN3OS/c1-3-19(9(2)20)14-18-11(8-21-14)7-17-13-5-4-10(16)6-12(13)15/h4-6,8,17H,3,7H2,1-2H3. The Balaban J connectivity index is 2.04. The first-order chi connectivity index (χ1) is 10.0. The highest BCUT2D eigenvalue weighted by atomic mass is 127. The maximum atomic E-state index is 11.5. The van der Waals surface area contributed by atoms with Gasteiger partial charge in [0.25, 0.3) is 0 Å². The molecular weight excluding hydrogens is 421 g/mol. The average molecular weight is 436 g/mol. The summed E-state index contributed by atoms with van der Waals surface area (Å²) in [7, 11) is 0. The minimum atomic E-state index is 0.00652. The second-order valence-corrected chi connectivity index (χ2v) is 6.85. The smallest absolute Gasteiger partial charge is 0.225 e. The average Bonchev–Trinajstić information content (AvgIpc) is 2.87. The summed E-state index contributed by atoms with van der Waals surface area (Å²) in [6, 6.07) is 5.85. The number of benzene rings is 1. The largest absolute Gasteiger partial charge is 0.378 e. The molecule has 112 valence electrons. The fourth-order valence-corrected chi connectivity index (χ4v) is 3.67. The Hall–Kier alpha value is -0.860. The number of amides is 1. The molecular formula is C14H15ClIN3OS. The van der Waals surface area contributed by atoms with E-state index in [9.17, 15) is 4.79 Å². The van der Waals surface area contributed by atoms with E-state index >= 15 is 0 Å². The minimum absolute atomic E-state index is 0.00652. The van der Waals surface area contributed by atoms with Crippen LogP contribution in [-0.4, -0.2) is 17.4 Å². The summed E-state index contributed by atoms with van der Waals surface area (Å²) in [6.07, 6.45) is 0. The molecule has 0 saturated carbocycles. The molecule has 0 radical (unpaired) electrons. The highest BCUT2D eigenvalue weighted by Gasteiger charge is 2.13. The Morgan fingerprint density at radius 1 is 1.52 bits per heavy atom.